The van der Waals surface area contributed by atoms with Crippen LogP contribution in [0.25, 0.3) is 11.0 Å². The molecule has 0 spiro atoms. The van der Waals surface area contributed by atoms with Crippen molar-refractivity contribution in [2.45, 2.75) is 24.8 Å². The van der Waals surface area contributed by atoms with E-state index < -0.39 is 0 Å². The highest BCUT2D eigenvalue weighted by Gasteiger charge is 2.36. The molecule has 4 nitrogen and oxygen atoms in total. The zero-order valence-corrected chi connectivity index (χ0v) is 15.5. The Labute approximate surface area is 159 Å². The minimum absolute atomic E-state index is 0. The van der Waals surface area contributed by atoms with E-state index in [1.165, 1.54) is 5.56 Å². The van der Waals surface area contributed by atoms with Crippen LogP contribution in [0.3, 0.4) is 0 Å². The molecule has 1 amide bonds. The number of likely N-dealkylation sites (tertiary alicyclic amines) is 1. The highest BCUT2D eigenvalue weighted by molar-refractivity contribution is 5.86. The van der Waals surface area contributed by atoms with Crippen molar-refractivity contribution in [1.29, 1.82) is 0 Å². The van der Waals surface area contributed by atoms with Crippen LogP contribution in [0.4, 0.5) is 0 Å². The molecule has 1 saturated heterocycles. The monoisotopic (exact) mass is 370 g/mol. The summed E-state index contributed by atoms with van der Waals surface area (Å²) in [5, 5.41) is 1.03. The second-order valence-corrected chi connectivity index (χ2v) is 6.83. The van der Waals surface area contributed by atoms with Crippen molar-refractivity contribution in [1.82, 2.24) is 4.90 Å². The maximum atomic E-state index is 13.0. The highest BCUT2D eigenvalue weighted by Crippen LogP contribution is 2.31. The van der Waals surface area contributed by atoms with E-state index in [0.29, 0.717) is 18.8 Å². The van der Waals surface area contributed by atoms with Crippen molar-refractivity contribution in [2.75, 3.05) is 13.1 Å². The smallest absolute Gasteiger partial charge is 0.233 e. The molecule has 4 rings (SSSR count). The van der Waals surface area contributed by atoms with Gasteiger partial charge in [-0.15, -0.1) is 12.4 Å². The number of rotatable bonds is 3. The number of benzene rings is 2. The number of carbonyl (C=O) groups excluding carboxylic acids is 1. The number of hydrogen-bond donors (Lipinski definition) is 1. The Morgan fingerprint density at radius 2 is 1.81 bits per heavy atom. The lowest BCUT2D eigenvalue weighted by Crippen LogP contribution is -2.34. The van der Waals surface area contributed by atoms with Crippen LogP contribution in [0.15, 0.2) is 65.1 Å². The van der Waals surface area contributed by atoms with Gasteiger partial charge in [-0.2, -0.15) is 0 Å². The molecule has 0 bridgehead atoms. The number of nitrogens with two attached hydrogens (primary N) is 1. The van der Waals surface area contributed by atoms with Gasteiger partial charge in [-0.05, 0) is 24.6 Å². The molecule has 26 heavy (non-hydrogen) atoms. The van der Waals surface area contributed by atoms with E-state index in [1.54, 1.807) is 0 Å². The molecule has 0 aliphatic carbocycles. The Morgan fingerprint density at radius 3 is 2.54 bits per heavy atom. The van der Waals surface area contributed by atoms with Crippen LogP contribution in [0.2, 0.25) is 0 Å². The summed E-state index contributed by atoms with van der Waals surface area (Å²) < 4.78 is 5.87. The van der Waals surface area contributed by atoms with Gasteiger partial charge in [0.25, 0.3) is 0 Å². The molecule has 136 valence electrons. The molecular formula is C21H23ClN2O2. The second-order valence-electron chi connectivity index (χ2n) is 6.83. The maximum absolute atomic E-state index is 13.0. The number of hydrogen-bond acceptors (Lipinski definition) is 3. The molecule has 2 aromatic carbocycles. The van der Waals surface area contributed by atoms with Crippen molar-refractivity contribution in [2.24, 2.45) is 5.73 Å². The normalized spacial score (nSPS) is 20.8. The molecule has 5 heteroatoms. The van der Waals surface area contributed by atoms with E-state index in [1.807, 2.05) is 60.4 Å². The Balaban J connectivity index is 0.00000196. The largest absolute Gasteiger partial charge is 0.460 e. The average molecular weight is 371 g/mol. The molecule has 1 fully saturated rings. The maximum Gasteiger partial charge on any atom is 0.233 e. The van der Waals surface area contributed by atoms with Crippen molar-refractivity contribution in [3.05, 3.63) is 72.0 Å². The first-order valence-electron chi connectivity index (χ1n) is 8.71. The summed E-state index contributed by atoms with van der Waals surface area (Å²) in [4.78, 5) is 14.8. The third-order valence-corrected chi connectivity index (χ3v) is 5.15. The summed E-state index contributed by atoms with van der Waals surface area (Å²) in [7, 11) is 0. The van der Waals surface area contributed by atoms with Crippen LogP contribution in [0.5, 0.6) is 0 Å². The fourth-order valence-corrected chi connectivity index (χ4v) is 3.67. The number of halogens is 1. The molecule has 1 aromatic heterocycles. The molecule has 1 aliphatic heterocycles. The zero-order valence-electron chi connectivity index (χ0n) is 14.7. The quantitative estimate of drug-likeness (QED) is 0.760. The van der Waals surface area contributed by atoms with Crippen molar-refractivity contribution in [3.63, 3.8) is 0 Å². The molecule has 1 aliphatic rings. The minimum Gasteiger partial charge on any atom is -0.460 e. The topological polar surface area (TPSA) is 59.5 Å². The third kappa shape index (κ3) is 3.35. The van der Waals surface area contributed by atoms with Crippen LogP contribution in [-0.2, 0) is 4.79 Å². The molecule has 0 radical (unpaired) electrons. The summed E-state index contributed by atoms with van der Waals surface area (Å²) in [5.74, 6) is 0.665. The van der Waals surface area contributed by atoms with Gasteiger partial charge in [0, 0.05) is 30.4 Å². The summed E-state index contributed by atoms with van der Waals surface area (Å²) in [6.07, 6.45) is 0. The van der Waals surface area contributed by atoms with Gasteiger partial charge in [0.2, 0.25) is 5.91 Å². The van der Waals surface area contributed by atoms with Gasteiger partial charge in [0.1, 0.15) is 11.3 Å². The summed E-state index contributed by atoms with van der Waals surface area (Å²) in [6.45, 7) is 3.15. The zero-order chi connectivity index (χ0) is 17.4. The van der Waals surface area contributed by atoms with Crippen LogP contribution < -0.4 is 5.73 Å². The molecule has 2 heterocycles. The van der Waals surface area contributed by atoms with E-state index in [0.717, 1.165) is 11.0 Å². The van der Waals surface area contributed by atoms with Gasteiger partial charge < -0.3 is 15.1 Å². The second kappa shape index (κ2) is 7.52. The van der Waals surface area contributed by atoms with Gasteiger partial charge in [0.15, 0.2) is 0 Å². The number of para-hydroxylation sites is 1. The van der Waals surface area contributed by atoms with Gasteiger partial charge >= 0.3 is 0 Å². The van der Waals surface area contributed by atoms with Crippen LogP contribution in [-0.4, -0.2) is 29.9 Å². The number of carbonyl (C=O) groups is 1. The first kappa shape index (κ1) is 18.5. The van der Waals surface area contributed by atoms with E-state index in [9.17, 15) is 4.79 Å². The lowest BCUT2D eigenvalue weighted by atomic mass is 9.95. The first-order valence-corrected chi connectivity index (χ1v) is 8.71. The van der Waals surface area contributed by atoms with Gasteiger partial charge in [0.05, 0.1) is 5.92 Å². The summed E-state index contributed by atoms with van der Waals surface area (Å²) in [6, 6.07) is 20.0. The minimum atomic E-state index is -0.311. The number of nitrogens with zero attached hydrogens (tertiary/aromatic N) is 1. The van der Waals surface area contributed by atoms with Crippen LogP contribution >= 0.6 is 12.4 Å². The number of furan rings is 1. The molecular weight excluding hydrogens is 348 g/mol. The fourth-order valence-electron chi connectivity index (χ4n) is 3.67. The molecule has 3 atom stereocenters. The van der Waals surface area contributed by atoms with E-state index in [4.69, 9.17) is 10.2 Å². The van der Waals surface area contributed by atoms with E-state index in [2.05, 4.69) is 12.1 Å². The van der Waals surface area contributed by atoms with E-state index in [-0.39, 0.29) is 36.2 Å². The Hall–Kier alpha value is -2.30. The molecule has 0 saturated carbocycles. The van der Waals surface area contributed by atoms with Crippen LogP contribution in [0.1, 0.15) is 30.1 Å². The average Bonchev–Trinajstić information content (AvgIpc) is 3.24. The standard InChI is InChI=1S/C21H22N2O2.ClH/c1-14(20-11-16-9-5-6-10-19(16)25-20)21(24)23-12-17(18(22)13-23)15-7-3-2-4-8-15;/h2-11,14,17-18H,12-13,22H2,1H3;1H/t14?,17-,18+;/m0./s1. The summed E-state index contributed by atoms with van der Waals surface area (Å²) in [5.41, 5.74) is 8.34. The van der Waals surface area contributed by atoms with Gasteiger partial charge in [-0.1, -0.05) is 48.5 Å². The highest BCUT2D eigenvalue weighted by atomic mass is 35.5. The van der Waals surface area contributed by atoms with E-state index >= 15 is 0 Å². The Kier molecular flexibility index (Phi) is 5.35. The lowest BCUT2D eigenvalue weighted by molar-refractivity contribution is -0.131. The fraction of sp³-hybridized carbons (Fsp3) is 0.286. The van der Waals surface area contributed by atoms with Crippen LogP contribution in [0, 0.1) is 0 Å². The first-order chi connectivity index (χ1) is 12.1. The Bertz CT molecular complexity index is 860. The predicted octanol–water partition coefficient (Wildman–Crippen LogP) is 3.91. The molecule has 2 N–H and O–H groups in total. The number of amides is 1. The molecule has 3 aromatic rings. The third-order valence-electron chi connectivity index (χ3n) is 5.15. The predicted molar refractivity (Wildman–Crippen MR) is 106 cm³/mol. The van der Waals surface area contributed by atoms with Crippen molar-refractivity contribution < 1.29 is 9.21 Å². The van der Waals surface area contributed by atoms with Crippen molar-refractivity contribution in [3.8, 4) is 0 Å². The van der Waals surface area contributed by atoms with Gasteiger partial charge in [-0.3, -0.25) is 4.79 Å². The number of fused-ring (bicyclic) bond motifs is 1. The lowest BCUT2D eigenvalue weighted by Gasteiger charge is -2.19. The SMILES string of the molecule is CC(C(=O)N1C[C@@H](N)[C@H](c2ccccc2)C1)c1cc2ccccc2o1.Cl. The van der Waals surface area contributed by atoms with Crippen molar-refractivity contribution >= 4 is 29.3 Å². The Morgan fingerprint density at radius 1 is 1.12 bits per heavy atom. The summed E-state index contributed by atoms with van der Waals surface area (Å²) >= 11 is 0. The van der Waals surface area contributed by atoms with Gasteiger partial charge in [-0.25, -0.2) is 0 Å². The molecule has 1 unspecified atom stereocenters.